The van der Waals surface area contributed by atoms with Crippen molar-refractivity contribution >= 4 is 11.0 Å². The van der Waals surface area contributed by atoms with E-state index in [2.05, 4.69) is 41.9 Å². The van der Waals surface area contributed by atoms with E-state index in [1.54, 1.807) is 7.11 Å². The molecule has 104 valence electrons. The topological polar surface area (TPSA) is 39.1 Å². The summed E-state index contributed by atoms with van der Waals surface area (Å²) in [7, 11) is 1.74. The van der Waals surface area contributed by atoms with Crippen molar-refractivity contribution in [2.75, 3.05) is 20.3 Å². The summed E-state index contributed by atoms with van der Waals surface area (Å²) in [5, 5.41) is 3.44. The average molecular weight is 261 g/mol. The minimum Gasteiger partial charge on any atom is -0.383 e. The lowest BCUT2D eigenvalue weighted by molar-refractivity contribution is 0.187. The van der Waals surface area contributed by atoms with E-state index in [1.165, 1.54) is 5.52 Å². The molecule has 4 nitrogen and oxygen atoms in total. The second kappa shape index (κ2) is 6.68. The standard InChI is InChI=1S/C15H23N3O/c1-4-16-12(2)11-15-17-13-7-5-6-8-14(13)18(15)9-10-19-3/h5-8,12,16H,4,9-11H2,1-3H3. The van der Waals surface area contributed by atoms with E-state index >= 15 is 0 Å². The van der Waals surface area contributed by atoms with Gasteiger partial charge in [0.15, 0.2) is 0 Å². The maximum atomic E-state index is 5.21. The molecule has 19 heavy (non-hydrogen) atoms. The van der Waals surface area contributed by atoms with Crippen LogP contribution in [0.3, 0.4) is 0 Å². The van der Waals surface area contributed by atoms with Crippen LogP contribution in [0.5, 0.6) is 0 Å². The first-order chi connectivity index (χ1) is 9.26. The van der Waals surface area contributed by atoms with Gasteiger partial charge in [-0.25, -0.2) is 4.98 Å². The van der Waals surface area contributed by atoms with Crippen molar-refractivity contribution in [3.63, 3.8) is 0 Å². The van der Waals surface area contributed by atoms with Gasteiger partial charge < -0.3 is 14.6 Å². The zero-order valence-corrected chi connectivity index (χ0v) is 12.0. The Morgan fingerprint density at radius 1 is 1.37 bits per heavy atom. The quantitative estimate of drug-likeness (QED) is 0.830. The highest BCUT2D eigenvalue weighted by Crippen LogP contribution is 2.17. The largest absolute Gasteiger partial charge is 0.383 e. The highest BCUT2D eigenvalue weighted by atomic mass is 16.5. The van der Waals surface area contributed by atoms with Crippen molar-refractivity contribution in [1.82, 2.24) is 14.9 Å². The fourth-order valence-electron chi connectivity index (χ4n) is 2.41. The Kier molecular flexibility index (Phi) is 4.93. The number of nitrogens with zero attached hydrogens (tertiary/aromatic N) is 2. The van der Waals surface area contributed by atoms with Crippen LogP contribution in [0.4, 0.5) is 0 Å². The molecule has 0 saturated heterocycles. The number of likely N-dealkylation sites (N-methyl/N-ethyl adjacent to an activating group) is 1. The number of methoxy groups -OCH3 is 1. The van der Waals surface area contributed by atoms with Gasteiger partial charge in [0.1, 0.15) is 5.82 Å². The Morgan fingerprint density at radius 3 is 2.89 bits per heavy atom. The monoisotopic (exact) mass is 261 g/mol. The summed E-state index contributed by atoms with van der Waals surface area (Å²) >= 11 is 0. The fourth-order valence-corrected chi connectivity index (χ4v) is 2.41. The van der Waals surface area contributed by atoms with E-state index in [0.29, 0.717) is 12.6 Å². The molecule has 1 unspecified atom stereocenters. The van der Waals surface area contributed by atoms with E-state index in [1.807, 2.05) is 6.07 Å². The summed E-state index contributed by atoms with van der Waals surface area (Å²) in [5.74, 6) is 1.13. The first-order valence-corrected chi connectivity index (χ1v) is 6.92. The molecule has 0 fully saturated rings. The van der Waals surface area contributed by atoms with E-state index in [4.69, 9.17) is 9.72 Å². The number of nitrogens with one attached hydrogen (secondary N) is 1. The number of hydrogen-bond donors (Lipinski definition) is 1. The predicted octanol–water partition coefficient (Wildman–Crippen LogP) is 2.22. The minimum absolute atomic E-state index is 0.433. The minimum atomic E-state index is 0.433. The number of imidazole rings is 1. The molecule has 0 amide bonds. The molecule has 0 saturated carbocycles. The van der Waals surface area contributed by atoms with Crippen LogP contribution in [0.1, 0.15) is 19.7 Å². The highest BCUT2D eigenvalue weighted by Gasteiger charge is 2.12. The maximum Gasteiger partial charge on any atom is 0.111 e. The number of hydrogen-bond acceptors (Lipinski definition) is 3. The predicted molar refractivity (Wildman–Crippen MR) is 78.5 cm³/mol. The zero-order chi connectivity index (χ0) is 13.7. The van der Waals surface area contributed by atoms with Crippen LogP contribution in [0.15, 0.2) is 24.3 Å². The van der Waals surface area contributed by atoms with Gasteiger partial charge in [-0.05, 0) is 25.6 Å². The molecule has 0 aliphatic carbocycles. The Labute approximate surface area is 114 Å². The van der Waals surface area contributed by atoms with Crippen LogP contribution < -0.4 is 5.32 Å². The van der Waals surface area contributed by atoms with Gasteiger partial charge in [-0.3, -0.25) is 0 Å². The third-order valence-electron chi connectivity index (χ3n) is 3.29. The van der Waals surface area contributed by atoms with Crippen molar-refractivity contribution in [3.8, 4) is 0 Å². The zero-order valence-electron chi connectivity index (χ0n) is 12.0. The van der Waals surface area contributed by atoms with Crippen LogP contribution in [-0.4, -0.2) is 35.9 Å². The lowest BCUT2D eigenvalue weighted by atomic mass is 10.2. The lowest BCUT2D eigenvalue weighted by Gasteiger charge is -2.14. The van der Waals surface area contributed by atoms with Crippen LogP contribution >= 0.6 is 0 Å². The lowest BCUT2D eigenvalue weighted by Crippen LogP contribution is -2.29. The van der Waals surface area contributed by atoms with Gasteiger partial charge in [-0.15, -0.1) is 0 Å². The van der Waals surface area contributed by atoms with E-state index in [9.17, 15) is 0 Å². The van der Waals surface area contributed by atoms with E-state index < -0.39 is 0 Å². The normalized spacial score (nSPS) is 13.0. The molecule has 2 rings (SSSR count). The summed E-state index contributed by atoms with van der Waals surface area (Å²) in [6, 6.07) is 8.72. The maximum absolute atomic E-state index is 5.21. The van der Waals surface area contributed by atoms with Gasteiger partial charge in [0, 0.05) is 26.1 Å². The molecule has 1 aromatic carbocycles. The molecule has 1 N–H and O–H groups in total. The van der Waals surface area contributed by atoms with Crippen LogP contribution in [0.2, 0.25) is 0 Å². The first-order valence-electron chi connectivity index (χ1n) is 6.92. The Hall–Kier alpha value is -1.39. The molecule has 0 aliphatic heterocycles. The average Bonchev–Trinajstić information content (AvgIpc) is 2.74. The van der Waals surface area contributed by atoms with Gasteiger partial charge in [0.05, 0.1) is 17.6 Å². The van der Waals surface area contributed by atoms with Crippen molar-refractivity contribution in [2.45, 2.75) is 32.9 Å². The molecule has 0 spiro atoms. The smallest absolute Gasteiger partial charge is 0.111 e. The summed E-state index contributed by atoms with van der Waals surface area (Å²) in [5.41, 5.74) is 2.26. The third kappa shape index (κ3) is 3.33. The Bertz CT molecular complexity index is 521. The molecular weight excluding hydrogens is 238 g/mol. The molecule has 1 atom stereocenters. The molecule has 4 heteroatoms. The van der Waals surface area contributed by atoms with Crippen molar-refractivity contribution in [1.29, 1.82) is 0 Å². The van der Waals surface area contributed by atoms with Crippen LogP contribution in [0.25, 0.3) is 11.0 Å². The Balaban J connectivity index is 2.29. The summed E-state index contributed by atoms with van der Waals surface area (Å²) in [6.45, 7) is 6.88. The number of para-hydroxylation sites is 2. The van der Waals surface area contributed by atoms with Crippen molar-refractivity contribution in [2.24, 2.45) is 0 Å². The molecule has 1 aromatic heterocycles. The van der Waals surface area contributed by atoms with Gasteiger partial charge in [-0.2, -0.15) is 0 Å². The van der Waals surface area contributed by atoms with Gasteiger partial charge >= 0.3 is 0 Å². The van der Waals surface area contributed by atoms with Gasteiger partial charge in [0.2, 0.25) is 0 Å². The van der Waals surface area contributed by atoms with Crippen molar-refractivity contribution in [3.05, 3.63) is 30.1 Å². The SMILES string of the molecule is CCNC(C)Cc1nc2ccccc2n1CCOC. The summed E-state index contributed by atoms with van der Waals surface area (Å²) < 4.78 is 7.48. The number of benzene rings is 1. The van der Waals surface area contributed by atoms with Gasteiger partial charge in [0.25, 0.3) is 0 Å². The van der Waals surface area contributed by atoms with Crippen LogP contribution in [0, 0.1) is 0 Å². The Morgan fingerprint density at radius 2 is 2.16 bits per heavy atom. The molecule has 0 bridgehead atoms. The molecular formula is C15H23N3O. The first kappa shape index (κ1) is 14.0. The molecule has 1 heterocycles. The molecule has 2 aromatic rings. The third-order valence-corrected chi connectivity index (χ3v) is 3.29. The number of fused-ring (bicyclic) bond motifs is 1. The highest BCUT2D eigenvalue weighted by molar-refractivity contribution is 5.75. The van der Waals surface area contributed by atoms with Crippen LogP contribution in [-0.2, 0) is 17.7 Å². The second-order valence-corrected chi connectivity index (χ2v) is 4.82. The van der Waals surface area contributed by atoms with Crippen molar-refractivity contribution < 1.29 is 4.74 Å². The van der Waals surface area contributed by atoms with E-state index in [0.717, 1.165) is 30.9 Å². The second-order valence-electron chi connectivity index (χ2n) is 4.82. The number of ether oxygens (including phenoxy) is 1. The summed E-state index contributed by atoms with van der Waals surface area (Å²) in [4.78, 5) is 4.76. The number of aromatic nitrogens is 2. The van der Waals surface area contributed by atoms with Gasteiger partial charge in [-0.1, -0.05) is 19.1 Å². The molecule has 0 aliphatic rings. The summed E-state index contributed by atoms with van der Waals surface area (Å²) in [6.07, 6.45) is 0.937. The van der Waals surface area contributed by atoms with E-state index in [-0.39, 0.29) is 0 Å². The molecule has 0 radical (unpaired) electrons. The number of rotatable bonds is 7. The fraction of sp³-hybridized carbons (Fsp3) is 0.533.